The molecular weight excluding hydrogens is 564 g/mol. The van der Waals surface area contributed by atoms with Crippen molar-refractivity contribution in [2.75, 3.05) is 6.61 Å². The number of nitrogens with zero attached hydrogens (tertiary/aromatic N) is 4. The van der Waals surface area contributed by atoms with Gasteiger partial charge in [0.05, 0.1) is 28.6 Å². The molecule has 0 fully saturated rings. The van der Waals surface area contributed by atoms with E-state index in [9.17, 15) is 14.9 Å². The van der Waals surface area contributed by atoms with Gasteiger partial charge < -0.3 is 9.47 Å². The number of aromatic nitrogens is 2. The molecule has 0 bridgehead atoms. The molecule has 0 amide bonds. The lowest BCUT2D eigenvalue weighted by Gasteiger charge is -2.15. The standard InChI is InChI=1S/C29H29BrN4O5/c1-5-19(4)28-32-24-12-11-22(30)15-23(24)29(35)33(28)31-16-21-13-25(34(36)37)27(26(14-21)38-6-2)39-17-20-9-7-18(3)8-10-20/h7-16,19H,5-6,17H2,1-4H3/t19-/m0/s1. The van der Waals surface area contributed by atoms with Gasteiger partial charge in [0.15, 0.2) is 5.75 Å². The van der Waals surface area contributed by atoms with E-state index in [4.69, 9.17) is 14.5 Å². The van der Waals surface area contributed by atoms with Gasteiger partial charge in [0.2, 0.25) is 5.75 Å². The lowest BCUT2D eigenvalue weighted by atomic mass is 10.1. The molecule has 9 nitrogen and oxygen atoms in total. The molecule has 0 aliphatic carbocycles. The van der Waals surface area contributed by atoms with Gasteiger partial charge >= 0.3 is 5.69 Å². The number of hydrogen-bond acceptors (Lipinski definition) is 7. The Morgan fingerprint density at radius 1 is 1.13 bits per heavy atom. The summed E-state index contributed by atoms with van der Waals surface area (Å²) in [6.07, 6.45) is 2.15. The van der Waals surface area contributed by atoms with Crippen molar-refractivity contribution in [3.63, 3.8) is 0 Å². The Morgan fingerprint density at radius 3 is 2.54 bits per heavy atom. The van der Waals surface area contributed by atoms with Gasteiger partial charge in [-0.15, -0.1) is 0 Å². The second kappa shape index (κ2) is 12.2. The van der Waals surface area contributed by atoms with Crippen LogP contribution in [0.25, 0.3) is 10.9 Å². The first-order chi connectivity index (χ1) is 18.7. The maximum absolute atomic E-state index is 13.4. The first kappa shape index (κ1) is 28.0. The molecule has 4 aromatic rings. The third-order valence-corrected chi connectivity index (χ3v) is 6.76. The average molecular weight is 593 g/mol. The second-order valence-corrected chi connectivity index (χ2v) is 10.0. The van der Waals surface area contributed by atoms with Crippen molar-refractivity contribution < 1.29 is 14.4 Å². The van der Waals surface area contributed by atoms with Gasteiger partial charge in [-0.25, -0.2) is 4.98 Å². The number of aryl methyl sites for hydroxylation is 1. The molecule has 0 radical (unpaired) electrons. The number of fused-ring (bicyclic) bond motifs is 1. The van der Waals surface area contributed by atoms with E-state index >= 15 is 0 Å². The van der Waals surface area contributed by atoms with Crippen LogP contribution in [0.1, 0.15) is 55.6 Å². The number of benzene rings is 3. The van der Waals surface area contributed by atoms with Crippen LogP contribution in [-0.4, -0.2) is 27.4 Å². The van der Waals surface area contributed by atoms with Crippen molar-refractivity contribution >= 4 is 38.7 Å². The zero-order valence-corrected chi connectivity index (χ0v) is 23.8. The lowest BCUT2D eigenvalue weighted by Crippen LogP contribution is -2.23. The van der Waals surface area contributed by atoms with Gasteiger partial charge in [0.1, 0.15) is 12.4 Å². The number of ether oxygens (including phenoxy) is 2. The Morgan fingerprint density at radius 2 is 1.87 bits per heavy atom. The highest BCUT2D eigenvalue weighted by Gasteiger charge is 2.23. The molecule has 1 heterocycles. The molecule has 0 unspecified atom stereocenters. The Kier molecular flexibility index (Phi) is 8.75. The zero-order chi connectivity index (χ0) is 28.1. The van der Waals surface area contributed by atoms with E-state index in [-0.39, 0.29) is 41.9 Å². The van der Waals surface area contributed by atoms with Crippen LogP contribution in [0.4, 0.5) is 5.69 Å². The van der Waals surface area contributed by atoms with Crippen LogP contribution in [0.2, 0.25) is 0 Å². The molecule has 0 N–H and O–H groups in total. The van der Waals surface area contributed by atoms with Crippen molar-refractivity contribution in [3.8, 4) is 11.5 Å². The van der Waals surface area contributed by atoms with Gasteiger partial charge in [-0.05, 0) is 50.1 Å². The fourth-order valence-corrected chi connectivity index (χ4v) is 4.33. The third-order valence-electron chi connectivity index (χ3n) is 6.27. The summed E-state index contributed by atoms with van der Waals surface area (Å²) in [5.74, 6) is 0.713. The van der Waals surface area contributed by atoms with Crippen LogP contribution < -0.4 is 15.0 Å². The summed E-state index contributed by atoms with van der Waals surface area (Å²) in [6, 6.07) is 16.0. The summed E-state index contributed by atoms with van der Waals surface area (Å²) in [4.78, 5) is 29.6. The SMILES string of the molecule is CCOc1cc(C=Nn2c([C@@H](C)CC)nc3ccc(Br)cc3c2=O)cc([N+](=O)[O-])c1OCc1ccc(C)cc1. The normalized spacial score (nSPS) is 12.1. The fraction of sp³-hybridized carbons (Fsp3) is 0.276. The van der Waals surface area contributed by atoms with Crippen LogP contribution in [0.15, 0.2) is 69.0 Å². The largest absolute Gasteiger partial charge is 0.490 e. The number of hydrogen-bond donors (Lipinski definition) is 0. The minimum atomic E-state index is -0.518. The highest BCUT2D eigenvalue weighted by Crippen LogP contribution is 2.39. The van der Waals surface area contributed by atoms with Gasteiger partial charge in [-0.1, -0.05) is 59.6 Å². The molecule has 4 rings (SSSR count). The first-order valence-corrected chi connectivity index (χ1v) is 13.4. The Bertz CT molecular complexity index is 1600. The van der Waals surface area contributed by atoms with Crippen molar-refractivity contribution in [1.82, 2.24) is 9.66 Å². The van der Waals surface area contributed by atoms with E-state index in [0.717, 1.165) is 22.0 Å². The molecule has 1 aromatic heterocycles. The molecule has 10 heteroatoms. The third kappa shape index (κ3) is 6.34. The van der Waals surface area contributed by atoms with Crippen molar-refractivity contribution in [2.45, 2.75) is 46.6 Å². The van der Waals surface area contributed by atoms with E-state index in [0.29, 0.717) is 22.3 Å². The smallest absolute Gasteiger partial charge is 0.315 e. The Hall–Kier alpha value is -4.05. The van der Waals surface area contributed by atoms with Gasteiger partial charge in [0, 0.05) is 22.0 Å². The van der Waals surface area contributed by atoms with Crippen LogP contribution in [0, 0.1) is 17.0 Å². The molecular formula is C29H29BrN4O5. The van der Waals surface area contributed by atoms with Gasteiger partial charge in [0.25, 0.3) is 5.56 Å². The predicted molar refractivity (Wildman–Crippen MR) is 155 cm³/mol. The summed E-state index contributed by atoms with van der Waals surface area (Å²) in [7, 11) is 0. The molecule has 0 spiro atoms. The van der Waals surface area contributed by atoms with Crippen LogP contribution in [0.3, 0.4) is 0 Å². The maximum atomic E-state index is 13.4. The summed E-state index contributed by atoms with van der Waals surface area (Å²) < 4.78 is 13.6. The summed E-state index contributed by atoms with van der Waals surface area (Å²) in [5.41, 5.74) is 2.34. The summed E-state index contributed by atoms with van der Waals surface area (Å²) in [6.45, 7) is 8.16. The molecule has 39 heavy (non-hydrogen) atoms. The highest BCUT2D eigenvalue weighted by molar-refractivity contribution is 9.10. The average Bonchev–Trinajstić information content (AvgIpc) is 2.92. The van der Waals surface area contributed by atoms with E-state index in [2.05, 4.69) is 21.0 Å². The second-order valence-electron chi connectivity index (χ2n) is 9.13. The number of nitro benzene ring substituents is 1. The van der Waals surface area contributed by atoms with Crippen molar-refractivity contribution in [2.24, 2.45) is 5.10 Å². The van der Waals surface area contributed by atoms with E-state index in [1.54, 1.807) is 25.1 Å². The quantitative estimate of drug-likeness (QED) is 0.114. The Labute approximate surface area is 234 Å². The van der Waals surface area contributed by atoms with Crippen molar-refractivity contribution in [3.05, 3.63) is 102 Å². The number of nitro groups is 1. The van der Waals surface area contributed by atoms with Crippen LogP contribution >= 0.6 is 15.9 Å². The molecule has 1 atom stereocenters. The summed E-state index contributed by atoms with van der Waals surface area (Å²) in [5, 5.41) is 16.9. The maximum Gasteiger partial charge on any atom is 0.315 e. The van der Waals surface area contributed by atoms with Crippen LogP contribution in [0.5, 0.6) is 11.5 Å². The van der Waals surface area contributed by atoms with Gasteiger partial charge in [-0.2, -0.15) is 9.78 Å². The van der Waals surface area contributed by atoms with E-state index in [1.807, 2.05) is 51.1 Å². The fourth-order valence-electron chi connectivity index (χ4n) is 3.97. The van der Waals surface area contributed by atoms with E-state index in [1.165, 1.54) is 17.0 Å². The molecule has 202 valence electrons. The monoisotopic (exact) mass is 592 g/mol. The molecule has 0 saturated heterocycles. The highest BCUT2D eigenvalue weighted by atomic mass is 79.9. The summed E-state index contributed by atoms with van der Waals surface area (Å²) >= 11 is 3.41. The number of rotatable bonds is 10. The van der Waals surface area contributed by atoms with Crippen molar-refractivity contribution in [1.29, 1.82) is 0 Å². The molecule has 0 saturated carbocycles. The molecule has 0 aliphatic rings. The number of halogens is 1. The van der Waals surface area contributed by atoms with Gasteiger partial charge in [-0.3, -0.25) is 14.9 Å². The Balaban J connectivity index is 1.78. The zero-order valence-electron chi connectivity index (χ0n) is 22.2. The minimum absolute atomic E-state index is 0.0364. The molecule has 0 aliphatic heterocycles. The van der Waals surface area contributed by atoms with E-state index < -0.39 is 4.92 Å². The predicted octanol–water partition coefficient (Wildman–Crippen LogP) is 6.75. The topological polar surface area (TPSA) is 109 Å². The lowest BCUT2D eigenvalue weighted by molar-refractivity contribution is -0.386. The molecule has 3 aromatic carbocycles. The van der Waals surface area contributed by atoms with Crippen LogP contribution in [-0.2, 0) is 6.61 Å². The first-order valence-electron chi connectivity index (χ1n) is 12.6. The minimum Gasteiger partial charge on any atom is -0.490 e.